The van der Waals surface area contributed by atoms with Crippen LogP contribution in [-0.4, -0.2) is 24.0 Å². The molecule has 1 aromatic rings. The van der Waals surface area contributed by atoms with E-state index in [1.165, 1.54) is 0 Å². The van der Waals surface area contributed by atoms with Crippen LogP contribution in [0.2, 0.25) is 0 Å². The van der Waals surface area contributed by atoms with Crippen molar-refractivity contribution in [2.75, 3.05) is 18.0 Å². The minimum absolute atomic E-state index is 0.308. The fraction of sp³-hybridized carbons (Fsp3) is 0.417. The van der Waals surface area contributed by atoms with Crippen LogP contribution < -0.4 is 4.90 Å². The van der Waals surface area contributed by atoms with Crippen molar-refractivity contribution in [3.05, 3.63) is 24.3 Å². The van der Waals surface area contributed by atoms with Gasteiger partial charge in [-0.05, 0) is 12.1 Å². The van der Waals surface area contributed by atoms with Gasteiger partial charge in [0.05, 0.1) is 6.54 Å². The molecule has 3 nitrogen and oxygen atoms in total. The molecule has 1 aliphatic heterocycles. The fourth-order valence-corrected chi connectivity index (χ4v) is 1.88. The normalized spacial score (nSPS) is 15.9. The summed E-state index contributed by atoms with van der Waals surface area (Å²) in [7, 11) is 0. The smallest absolute Gasteiger partial charge is 0.117 e. The Balaban J connectivity index is 2.28. The molecule has 0 aliphatic carbocycles. The van der Waals surface area contributed by atoms with Gasteiger partial charge >= 0.3 is 0 Å². The SMILES string of the molecule is CC(C)C1=NCCN1c1cccc(O)c1. The molecule has 0 spiro atoms. The van der Waals surface area contributed by atoms with Crippen LogP contribution >= 0.6 is 0 Å². The summed E-state index contributed by atoms with van der Waals surface area (Å²) < 4.78 is 0. The molecule has 0 radical (unpaired) electrons. The number of phenols is 1. The predicted octanol–water partition coefficient (Wildman–Crippen LogP) is 2.27. The van der Waals surface area contributed by atoms with Gasteiger partial charge in [0.25, 0.3) is 0 Å². The second-order valence-corrected chi connectivity index (χ2v) is 4.07. The van der Waals surface area contributed by atoms with E-state index in [1.807, 2.05) is 12.1 Å². The van der Waals surface area contributed by atoms with Crippen LogP contribution in [0.15, 0.2) is 29.3 Å². The van der Waals surface area contributed by atoms with Gasteiger partial charge in [-0.2, -0.15) is 0 Å². The molecule has 1 aliphatic rings. The van der Waals surface area contributed by atoms with Crippen LogP contribution in [-0.2, 0) is 0 Å². The van der Waals surface area contributed by atoms with Crippen LogP contribution in [0.5, 0.6) is 5.75 Å². The highest BCUT2D eigenvalue weighted by Crippen LogP contribution is 2.24. The predicted molar refractivity (Wildman–Crippen MR) is 62.6 cm³/mol. The Kier molecular flexibility index (Phi) is 2.62. The van der Waals surface area contributed by atoms with Gasteiger partial charge in [0, 0.05) is 24.2 Å². The quantitative estimate of drug-likeness (QED) is 0.802. The van der Waals surface area contributed by atoms with E-state index in [4.69, 9.17) is 0 Å². The van der Waals surface area contributed by atoms with Crippen LogP contribution in [0, 0.1) is 5.92 Å². The van der Waals surface area contributed by atoms with E-state index in [0.717, 1.165) is 24.6 Å². The Morgan fingerprint density at radius 3 is 2.87 bits per heavy atom. The summed E-state index contributed by atoms with van der Waals surface area (Å²) in [6.45, 7) is 6.04. The second kappa shape index (κ2) is 3.93. The lowest BCUT2D eigenvalue weighted by Gasteiger charge is -2.22. The molecule has 0 aromatic heterocycles. The van der Waals surface area contributed by atoms with Gasteiger partial charge in [-0.3, -0.25) is 4.99 Å². The lowest BCUT2D eigenvalue weighted by atomic mass is 10.1. The lowest BCUT2D eigenvalue weighted by molar-refractivity contribution is 0.475. The Hall–Kier alpha value is -1.51. The maximum atomic E-state index is 9.43. The van der Waals surface area contributed by atoms with Crippen molar-refractivity contribution in [3.8, 4) is 5.75 Å². The van der Waals surface area contributed by atoms with Crippen LogP contribution in [0.4, 0.5) is 5.69 Å². The minimum Gasteiger partial charge on any atom is -0.508 e. The maximum absolute atomic E-state index is 9.43. The molecule has 0 saturated heterocycles. The molecule has 0 unspecified atom stereocenters. The summed E-state index contributed by atoms with van der Waals surface area (Å²) in [6, 6.07) is 7.33. The van der Waals surface area contributed by atoms with Crippen molar-refractivity contribution < 1.29 is 5.11 Å². The average molecular weight is 204 g/mol. The standard InChI is InChI=1S/C12H16N2O/c1-9(2)12-13-6-7-14(12)10-4-3-5-11(15)8-10/h3-5,8-9,15H,6-7H2,1-2H3. The zero-order valence-electron chi connectivity index (χ0n) is 9.14. The Morgan fingerprint density at radius 1 is 1.40 bits per heavy atom. The highest BCUT2D eigenvalue weighted by atomic mass is 16.3. The molecule has 0 fully saturated rings. The largest absolute Gasteiger partial charge is 0.508 e. The first kappa shape index (κ1) is 10.0. The topological polar surface area (TPSA) is 35.8 Å². The third-order valence-electron chi connectivity index (χ3n) is 2.53. The molecule has 0 atom stereocenters. The zero-order chi connectivity index (χ0) is 10.8. The van der Waals surface area contributed by atoms with E-state index in [0.29, 0.717) is 11.7 Å². The summed E-state index contributed by atoms with van der Waals surface area (Å²) >= 11 is 0. The highest BCUT2D eigenvalue weighted by molar-refractivity contribution is 6.00. The third-order valence-corrected chi connectivity index (χ3v) is 2.53. The minimum atomic E-state index is 0.308. The van der Waals surface area contributed by atoms with Gasteiger partial charge in [-0.1, -0.05) is 19.9 Å². The molecule has 3 heteroatoms. The number of hydrogen-bond donors (Lipinski definition) is 1. The van der Waals surface area contributed by atoms with E-state index in [-0.39, 0.29) is 0 Å². The lowest BCUT2D eigenvalue weighted by Crippen LogP contribution is -2.30. The number of anilines is 1. The average Bonchev–Trinajstić information content (AvgIpc) is 2.65. The number of rotatable bonds is 2. The van der Waals surface area contributed by atoms with Gasteiger partial charge in [-0.15, -0.1) is 0 Å². The molecule has 2 rings (SSSR count). The molecule has 0 amide bonds. The van der Waals surface area contributed by atoms with Crippen LogP contribution in [0.1, 0.15) is 13.8 Å². The van der Waals surface area contributed by atoms with Crippen molar-refractivity contribution in [1.82, 2.24) is 0 Å². The fourth-order valence-electron chi connectivity index (χ4n) is 1.88. The van der Waals surface area contributed by atoms with E-state index < -0.39 is 0 Å². The Bertz CT molecular complexity index is 385. The number of aromatic hydroxyl groups is 1. The second-order valence-electron chi connectivity index (χ2n) is 4.07. The number of amidine groups is 1. The summed E-state index contributed by atoms with van der Waals surface area (Å²) in [5, 5.41) is 9.43. The molecule has 0 saturated carbocycles. The van der Waals surface area contributed by atoms with Crippen molar-refractivity contribution in [1.29, 1.82) is 0 Å². The maximum Gasteiger partial charge on any atom is 0.117 e. The molecular formula is C12H16N2O. The summed E-state index contributed by atoms with van der Waals surface area (Å²) in [5.41, 5.74) is 1.03. The van der Waals surface area contributed by atoms with E-state index in [1.54, 1.807) is 12.1 Å². The Morgan fingerprint density at radius 2 is 2.20 bits per heavy atom. The number of aliphatic imine (C=N–C) groups is 1. The molecule has 1 N–H and O–H groups in total. The van der Waals surface area contributed by atoms with Gasteiger partial charge in [0.15, 0.2) is 0 Å². The first-order valence-corrected chi connectivity index (χ1v) is 5.29. The van der Waals surface area contributed by atoms with Gasteiger partial charge in [0.1, 0.15) is 11.6 Å². The highest BCUT2D eigenvalue weighted by Gasteiger charge is 2.20. The molecular weight excluding hydrogens is 188 g/mol. The first-order valence-electron chi connectivity index (χ1n) is 5.29. The number of phenolic OH excluding ortho intramolecular Hbond substituents is 1. The van der Waals surface area contributed by atoms with Crippen LogP contribution in [0.25, 0.3) is 0 Å². The summed E-state index contributed by atoms with van der Waals surface area (Å²) in [6.07, 6.45) is 0. The van der Waals surface area contributed by atoms with Gasteiger partial charge in [0.2, 0.25) is 0 Å². The van der Waals surface area contributed by atoms with E-state index >= 15 is 0 Å². The number of hydrogen-bond acceptors (Lipinski definition) is 3. The molecule has 0 bridgehead atoms. The van der Waals surface area contributed by atoms with Gasteiger partial charge in [-0.25, -0.2) is 0 Å². The van der Waals surface area contributed by atoms with E-state index in [9.17, 15) is 5.11 Å². The van der Waals surface area contributed by atoms with Crippen molar-refractivity contribution in [2.24, 2.45) is 10.9 Å². The summed E-state index contributed by atoms with van der Waals surface area (Å²) in [4.78, 5) is 6.65. The van der Waals surface area contributed by atoms with Crippen molar-refractivity contribution >= 4 is 11.5 Å². The van der Waals surface area contributed by atoms with E-state index in [2.05, 4.69) is 23.7 Å². The molecule has 1 aromatic carbocycles. The summed E-state index contributed by atoms with van der Waals surface area (Å²) in [5.74, 6) is 1.85. The Labute approximate surface area is 90.1 Å². The first-order chi connectivity index (χ1) is 7.18. The number of nitrogens with zero attached hydrogens (tertiary/aromatic N) is 2. The van der Waals surface area contributed by atoms with Crippen molar-refractivity contribution in [2.45, 2.75) is 13.8 Å². The monoisotopic (exact) mass is 204 g/mol. The number of benzene rings is 1. The van der Waals surface area contributed by atoms with Crippen molar-refractivity contribution in [3.63, 3.8) is 0 Å². The molecule has 1 heterocycles. The molecule has 80 valence electrons. The van der Waals surface area contributed by atoms with Crippen LogP contribution in [0.3, 0.4) is 0 Å². The molecule has 15 heavy (non-hydrogen) atoms. The van der Waals surface area contributed by atoms with Gasteiger partial charge < -0.3 is 10.0 Å². The third kappa shape index (κ3) is 1.96. The zero-order valence-corrected chi connectivity index (χ0v) is 9.14.